The van der Waals surface area contributed by atoms with Crippen molar-refractivity contribution in [3.8, 4) is 0 Å². The number of methoxy groups -OCH3 is 1. The number of nitrogens with two attached hydrogens (primary N) is 1. The Morgan fingerprint density at radius 3 is 2.71 bits per heavy atom. The van der Waals surface area contributed by atoms with Crippen molar-refractivity contribution in [1.82, 2.24) is 10.2 Å². The molecule has 6 heteroatoms. The monoisotopic (exact) mass is 245 g/mol. The molecule has 1 saturated heterocycles. The Morgan fingerprint density at radius 2 is 2.24 bits per heavy atom. The average Bonchev–Trinajstić information content (AvgIpc) is 2.30. The first kappa shape index (κ1) is 14.2. The lowest BCUT2D eigenvalue weighted by Gasteiger charge is -2.33. The summed E-state index contributed by atoms with van der Waals surface area (Å²) >= 11 is 0. The molecular formula is C11H23N3O3. The quantitative estimate of drug-likeness (QED) is 0.589. The summed E-state index contributed by atoms with van der Waals surface area (Å²) in [5.74, 6) is 0. The van der Waals surface area contributed by atoms with Crippen LogP contribution in [0, 0.1) is 0 Å². The maximum atomic E-state index is 11.0. The lowest BCUT2D eigenvalue weighted by atomic mass is 10.0. The van der Waals surface area contributed by atoms with Gasteiger partial charge in [0.15, 0.2) is 0 Å². The van der Waals surface area contributed by atoms with Crippen molar-refractivity contribution >= 4 is 6.03 Å². The summed E-state index contributed by atoms with van der Waals surface area (Å²) in [5, 5.41) is 12.4. The number of hydrogen-bond donors (Lipinski definition) is 3. The van der Waals surface area contributed by atoms with Crippen molar-refractivity contribution in [3.63, 3.8) is 0 Å². The van der Waals surface area contributed by atoms with Crippen LogP contribution in [0.5, 0.6) is 0 Å². The number of amides is 2. The Bertz CT molecular complexity index is 224. The van der Waals surface area contributed by atoms with Crippen LogP contribution in [0.15, 0.2) is 0 Å². The topological polar surface area (TPSA) is 87.8 Å². The highest BCUT2D eigenvalue weighted by atomic mass is 16.5. The van der Waals surface area contributed by atoms with Crippen LogP contribution in [-0.2, 0) is 4.74 Å². The number of urea groups is 1. The summed E-state index contributed by atoms with van der Waals surface area (Å²) in [4.78, 5) is 12.6. The number of ether oxygens (including phenoxy) is 1. The number of nitrogens with zero attached hydrogens (tertiary/aromatic N) is 1. The molecule has 0 saturated carbocycles. The summed E-state index contributed by atoms with van der Waals surface area (Å²) in [6, 6.07) is 0.208. The second-order valence-electron chi connectivity index (χ2n) is 4.43. The van der Waals surface area contributed by atoms with E-state index in [4.69, 9.17) is 15.6 Å². The minimum absolute atomic E-state index is 0.154. The molecule has 1 unspecified atom stereocenters. The largest absolute Gasteiger partial charge is 0.396 e. The minimum atomic E-state index is -0.341. The second-order valence-corrected chi connectivity index (χ2v) is 4.43. The molecule has 0 bridgehead atoms. The molecule has 1 fully saturated rings. The summed E-state index contributed by atoms with van der Waals surface area (Å²) in [6.07, 6.45) is 2.48. The Hall–Kier alpha value is -0.850. The van der Waals surface area contributed by atoms with E-state index in [1.54, 1.807) is 12.0 Å². The predicted molar refractivity (Wildman–Crippen MR) is 64.7 cm³/mol. The van der Waals surface area contributed by atoms with Gasteiger partial charge in [-0.05, 0) is 19.3 Å². The van der Waals surface area contributed by atoms with Crippen molar-refractivity contribution in [3.05, 3.63) is 0 Å². The van der Waals surface area contributed by atoms with Gasteiger partial charge >= 0.3 is 6.03 Å². The Morgan fingerprint density at radius 1 is 1.59 bits per heavy atom. The maximum absolute atomic E-state index is 11.0. The van der Waals surface area contributed by atoms with Crippen LogP contribution in [0.4, 0.5) is 4.79 Å². The Balaban J connectivity index is 2.30. The molecule has 0 aromatic heterocycles. The Kier molecular flexibility index (Phi) is 6.25. The van der Waals surface area contributed by atoms with E-state index in [0.29, 0.717) is 32.2 Å². The molecule has 1 aliphatic heterocycles. The van der Waals surface area contributed by atoms with Crippen LogP contribution in [0.25, 0.3) is 0 Å². The zero-order valence-electron chi connectivity index (χ0n) is 10.4. The number of carbonyl (C=O) groups excluding carboxylic acids is 1. The normalized spacial score (nSPS) is 19.3. The summed E-state index contributed by atoms with van der Waals surface area (Å²) in [7, 11) is 1.65. The van der Waals surface area contributed by atoms with Crippen molar-refractivity contribution in [2.75, 3.05) is 33.4 Å². The fourth-order valence-electron chi connectivity index (χ4n) is 2.17. The first-order chi connectivity index (χ1) is 8.17. The van der Waals surface area contributed by atoms with E-state index in [0.717, 1.165) is 12.8 Å². The van der Waals surface area contributed by atoms with E-state index in [1.165, 1.54) is 0 Å². The van der Waals surface area contributed by atoms with Gasteiger partial charge in [-0.25, -0.2) is 4.79 Å². The van der Waals surface area contributed by atoms with Gasteiger partial charge in [-0.3, -0.25) is 0 Å². The molecule has 2 amide bonds. The van der Waals surface area contributed by atoms with E-state index in [-0.39, 0.29) is 18.7 Å². The number of aliphatic hydroxyl groups is 1. The van der Waals surface area contributed by atoms with E-state index >= 15 is 0 Å². The van der Waals surface area contributed by atoms with Gasteiger partial charge in [-0.15, -0.1) is 0 Å². The molecule has 1 heterocycles. The molecule has 0 radical (unpaired) electrons. The molecule has 0 aliphatic carbocycles. The molecular weight excluding hydrogens is 222 g/mol. The van der Waals surface area contributed by atoms with Gasteiger partial charge in [0.05, 0.1) is 6.61 Å². The third-order valence-electron chi connectivity index (χ3n) is 3.12. The van der Waals surface area contributed by atoms with Crippen LogP contribution in [0.1, 0.15) is 19.3 Å². The smallest absolute Gasteiger partial charge is 0.314 e. The lowest BCUT2D eigenvalue weighted by molar-refractivity contribution is 0.130. The van der Waals surface area contributed by atoms with Gasteiger partial charge in [0.25, 0.3) is 0 Å². The van der Waals surface area contributed by atoms with Gasteiger partial charge in [-0.1, -0.05) is 0 Å². The van der Waals surface area contributed by atoms with Crippen LogP contribution in [-0.4, -0.2) is 61.5 Å². The fourth-order valence-corrected chi connectivity index (χ4v) is 2.17. The zero-order valence-corrected chi connectivity index (χ0v) is 10.4. The summed E-state index contributed by atoms with van der Waals surface area (Å²) in [6.45, 7) is 2.15. The molecule has 0 aromatic rings. The first-order valence-electron chi connectivity index (χ1n) is 6.07. The zero-order chi connectivity index (χ0) is 12.7. The standard InChI is InChI=1S/C11H23N3O3/c1-17-8-10(4-7-15)13-9-2-5-14(6-3-9)11(12)16/h9-10,13,15H,2-8H2,1H3,(H2,12,16). The Labute approximate surface area is 102 Å². The van der Waals surface area contributed by atoms with Gasteiger partial charge in [-0.2, -0.15) is 0 Å². The number of aliphatic hydroxyl groups excluding tert-OH is 1. The van der Waals surface area contributed by atoms with Gasteiger partial charge in [0.2, 0.25) is 0 Å². The predicted octanol–water partition coefficient (Wildman–Crippen LogP) is -0.483. The molecule has 1 rings (SSSR count). The van der Waals surface area contributed by atoms with Gasteiger partial charge < -0.3 is 25.8 Å². The minimum Gasteiger partial charge on any atom is -0.396 e. The number of primary amides is 1. The van der Waals surface area contributed by atoms with Gasteiger partial charge in [0.1, 0.15) is 0 Å². The average molecular weight is 245 g/mol. The molecule has 1 atom stereocenters. The number of nitrogens with one attached hydrogen (secondary N) is 1. The lowest BCUT2D eigenvalue weighted by Crippen LogP contribution is -2.50. The number of rotatable bonds is 6. The van der Waals surface area contributed by atoms with E-state index < -0.39 is 0 Å². The molecule has 0 aromatic carbocycles. The van der Waals surface area contributed by atoms with Crippen LogP contribution in [0.3, 0.4) is 0 Å². The molecule has 6 nitrogen and oxygen atoms in total. The highest BCUT2D eigenvalue weighted by molar-refractivity contribution is 5.72. The summed E-state index contributed by atoms with van der Waals surface area (Å²) in [5.41, 5.74) is 5.22. The van der Waals surface area contributed by atoms with Crippen LogP contribution in [0.2, 0.25) is 0 Å². The number of hydrogen-bond acceptors (Lipinski definition) is 4. The van der Waals surface area contributed by atoms with Crippen LogP contribution >= 0.6 is 0 Å². The molecule has 0 spiro atoms. The van der Waals surface area contributed by atoms with E-state index in [9.17, 15) is 4.79 Å². The van der Waals surface area contributed by atoms with Gasteiger partial charge in [0, 0.05) is 38.9 Å². The van der Waals surface area contributed by atoms with E-state index in [1.807, 2.05) is 0 Å². The fraction of sp³-hybridized carbons (Fsp3) is 0.909. The molecule has 100 valence electrons. The third kappa shape index (κ3) is 4.89. The number of likely N-dealkylation sites (tertiary alicyclic amines) is 1. The first-order valence-corrected chi connectivity index (χ1v) is 6.07. The summed E-state index contributed by atoms with van der Waals surface area (Å²) < 4.78 is 5.10. The van der Waals surface area contributed by atoms with Crippen molar-refractivity contribution < 1.29 is 14.6 Å². The van der Waals surface area contributed by atoms with E-state index in [2.05, 4.69) is 5.32 Å². The molecule has 17 heavy (non-hydrogen) atoms. The number of piperidine rings is 1. The highest BCUT2D eigenvalue weighted by Crippen LogP contribution is 2.11. The van der Waals surface area contributed by atoms with Crippen LogP contribution < -0.4 is 11.1 Å². The SMILES string of the molecule is COCC(CCO)NC1CCN(C(N)=O)CC1. The molecule has 4 N–H and O–H groups in total. The van der Waals surface area contributed by atoms with Crippen molar-refractivity contribution in [2.24, 2.45) is 5.73 Å². The van der Waals surface area contributed by atoms with Crippen molar-refractivity contribution in [2.45, 2.75) is 31.3 Å². The highest BCUT2D eigenvalue weighted by Gasteiger charge is 2.22. The third-order valence-corrected chi connectivity index (χ3v) is 3.12. The number of carbonyl (C=O) groups is 1. The maximum Gasteiger partial charge on any atom is 0.314 e. The molecule has 1 aliphatic rings. The second kappa shape index (κ2) is 7.47. The van der Waals surface area contributed by atoms with Crippen molar-refractivity contribution in [1.29, 1.82) is 0 Å².